The zero-order valence-corrected chi connectivity index (χ0v) is 7.95. The number of aliphatic hydroxyl groups is 1. The van der Waals surface area contributed by atoms with Crippen molar-refractivity contribution in [3.05, 3.63) is 35.4 Å². The topological polar surface area (TPSA) is 29.5 Å². The van der Waals surface area contributed by atoms with E-state index in [1.54, 1.807) is 6.92 Å². The van der Waals surface area contributed by atoms with Gasteiger partial charge in [0.15, 0.2) is 0 Å². The molecule has 13 heavy (non-hydrogen) atoms. The molecule has 0 saturated heterocycles. The molecule has 0 aliphatic carbocycles. The Kier molecular flexibility index (Phi) is 1.90. The van der Waals surface area contributed by atoms with Crippen LogP contribution in [0.5, 0.6) is 0 Å². The molecule has 2 heteroatoms. The molecule has 1 N–H and O–H groups in total. The zero-order chi connectivity index (χ0) is 9.47. The molecule has 70 valence electrons. The molecule has 0 fully saturated rings. The standard InChI is InChI=1S/C11H14O2/c1-8-11(2,12)10-6-4-3-5-9(10)7-13-8/h3-6,8,12H,7H2,1-2H3. The Morgan fingerprint density at radius 1 is 1.46 bits per heavy atom. The first kappa shape index (κ1) is 8.73. The van der Waals surface area contributed by atoms with Crippen molar-refractivity contribution >= 4 is 0 Å². The maximum Gasteiger partial charge on any atom is 0.113 e. The molecular formula is C11H14O2. The summed E-state index contributed by atoms with van der Waals surface area (Å²) in [7, 11) is 0. The van der Waals surface area contributed by atoms with Crippen molar-refractivity contribution in [3.63, 3.8) is 0 Å². The molecule has 0 amide bonds. The van der Waals surface area contributed by atoms with Crippen LogP contribution >= 0.6 is 0 Å². The molecular weight excluding hydrogens is 164 g/mol. The van der Waals surface area contributed by atoms with Crippen LogP contribution in [-0.2, 0) is 16.9 Å². The Labute approximate surface area is 78.2 Å². The highest BCUT2D eigenvalue weighted by Crippen LogP contribution is 2.34. The van der Waals surface area contributed by atoms with Crippen LogP contribution in [0.2, 0.25) is 0 Å². The van der Waals surface area contributed by atoms with Crippen molar-refractivity contribution in [1.29, 1.82) is 0 Å². The van der Waals surface area contributed by atoms with Gasteiger partial charge in [-0.05, 0) is 25.0 Å². The van der Waals surface area contributed by atoms with E-state index in [1.807, 2.05) is 31.2 Å². The molecule has 2 unspecified atom stereocenters. The van der Waals surface area contributed by atoms with Crippen LogP contribution in [0.4, 0.5) is 0 Å². The van der Waals surface area contributed by atoms with Crippen LogP contribution in [0.15, 0.2) is 24.3 Å². The second-order valence-corrected chi connectivity index (χ2v) is 3.76. The Morgan fingerprint density at radius 3 is 2.92 bits per heavy atom. The van der Waals surface area contributed by atoms with Gasteiger partial charge in [0.25, 0.3) is 0 Å². The minimum atomic E-state index is -0.852. The van der Waals surface area contributed by atoms with Gasteiger partial charge < -0.3 is 9.84 Å². The third-order valence-electron chi connectivity index (χ3n) is 2.84. The van der Waals surface area contributed by atoms with Crippen LogP contribution in [0.1, 0.15) is 25.0 Å². The van der Waals surface area contributed by atoms with E-state index < -0.39 is 5.60 Å². The van der Waals surface area contributed by atoms with E-state index in [2.05, 4.69) is 0 Å². The molecule has 0 saturated carbocycles. The molecule has 1 aliphatic heterocycles. The predicted octanol–water partition coefficient (Wildman–Crippen LogP) is 1.81. The highest BCUT2D eigenvalue weighted by Gasteiger charge is 2.36. The Balaban J connectivity index is 2.52. The first-order valence-corrected chi connectivity index (χ1v) is 4.54. The molecule has 0 spiro atoms. The second kappa shape index (κ2) is 2.82. The lowest BCUT2D eigenvalue weighted by Gasteiger charge is -2.36. The van der Waals surface area contributed by atoms with Gasteiger partial charge >= 0.3 is 0 Å². The number of hydrogen-bond donors (Lipinski definition) is 1. The number of ether oxygens (including phenoxy) is 1. The molecule has 1 aliphatic rings. The molecule has 2 rings (SSSR count). The molecule has 1 aromatic rings. The highest BCUT2D eigenvalue weighted by atomic mass is 16.5. The minimum absolute atomic E-state index is 0.137. The van der Waals surface area contributed by atoms with Gasteiger partial charge in [0.05, 0.1) is 12.7 Å². The van der Waals surface area contributed by atoms with Crippen molar-refractivity contribution in [2.24, 2.45) is 0 Å². The Bertz CT molecular complexity index is 318. The number of hydrogen-bond acceptors (Lipinski definition) is 2. The fraction of sp³-hybridized carbons (Fsp3) is 0.455. The van der Waals surface area contributed by atoms with Gasteiger partial charge in [-0.25, -0.2) is 0 Å². The summed E-state index contributed by atoms with van der Waals surface area (Å²) in [5, 5.41) is 10.2. The summed E-state index contributed by atoms with van der Waals surface area (Å²) in [6, 6.07) is 7.88. The largest absolute Gasteiger partial charge is 0.383 e. The van der Waals surface area contributed by atoms with Crippen molar-refractivity contribution in [2.45, 2.75) is 32.2 Å². The lowest BCUT2D eigenvalue weighted by molar-refractivity contribution is -0.116. The van der Waals surface area contributed by atoms with Crippen molar-refractivity contribution in [1.82, 2.24) is 0 Å². The maximum absolute atomic E-state index is 10.2. The average Bonchev–Trinajstić information content (AvgIpc) is 2.13. The van der Waals surface area contributed by atoms with Crippen LogP contribution in [-0.4, -0.2) is 11.2 Å². The fourth-order valence-electron chi connectivity index (χ4n) is 1.74. The normalized spacial score (nSPS) is 32.7. The van der Waals surface area contributed by atoms with Crippen molar-refractivity contribution < 1.29 is 9.84 Å². The second-order valence-electron chi connectivity index (χ2n) is 3.76. The maximum atomic E-state index is 10.2. The van der Waals surface area contributed by atoms with E-state index in [9.17, 15) is 5.11 Å². The Morgan fingerprint density at radius 2 is 2.15 bits per heavy atom. The van der Waals surface area contributed by atoms with Crippen LogP contribution < -0.4 is 0 Å². The Hall–Kier alpha value is -0.860. The van der Waals surface area contributed by atoms with Gasteiger partial charge in [0.1, 0.15) is 5.60 Å². The van der Waals surface area contributed by atoms with Crippen molar-refractivity contribution in [3.8, 4) is 0 Å². The number of rotatable bonds is 0. The van der Waals surface area contributed by atoms with E-state index >= 15 is 0 Å². The van der Waals surface area contributed by atoms with Gasteiger partial charge in [0.2, 0.25) is 0 Å². The molecule has 0 radical (unpaired) electrons. The summed E-state index contributed by atoms with van der Waals surface area (Å²) >= 11 is 0. The molecule has 2 atom stereocenters. The fourth-order valence-corrected chi connectivity index (χ4v) is 1.74. The third-order valence-corrected chi connectivity index (χ3v) is 2.84. The minimum Gasteiger partial charge on any atom is -0.383 e. The van der Waals surface area contributed by atoms with Crippen LogP contribution in [0.3, 0.4) is 0 Å². The smallest absolute Gasteiger partial charge is 0.113 e. The predicted molar refractivity (Wildman–Crippen MR) is 50.3 cm³/mol. The molecule has 0 aromatic heterocycles. The first-order valence-electron chi connectivity index (χ1n) is 4.54. The van der Waals surface area contributed by atoms with Crippen molar-refractivity contribution in [2.75, 3.05) is 0 Å². The van der Waals surface area contributed by atoms with E-state index in [-0.39, 0.29) is 6.10 Å². The average molecular weight is 178 g/mol. The molecule has 1 heterocycles. The third kappa shape index (κ3) is 1.26. The van der Waals surface area contributed by atoms with Gasteiger partial charge in [0, 0.05) is 0 Å². The number of benzene rings is 1. The number of fused-ring (bicyclic) bond motifs is 1. The van der Waals surface area contributed by atoms with Gasteiger partial charge in [-0.3, -0.25) is 0 Å². The SMILES string of the molecule is CC1OCc2ccccc2C1(C)O. The zero-order valence-electron chi connectivity index (χ0n) is 7.95. The summed E-state index contributed by atoms with van der Waals surface area (Å²) in [6.45, 7) is 4.30. The van der Waals surface area contributed by atoms with Crippen LogP contribution in [0.25, 0.3) is 0 Å². The highest BCUT2D eigenvalue weighted by molar-refractivity contribution is 5.33. The summed E-state index contributed by atoms with van der Waals surface area (Å²) in [5.41, 5.74) is 1.23. The van der Waals surface area contributed by atoms with Gasteiger partial charge in [-0.15, -0.1) is 0 Å². The summed E-state index contributed by atoms with van der Waals surface area (Å²) in [6.07, 6.45) is -0.137. The lowest BCUT2D eigenvalue weighted by atomic mass is 9.85. The van der Waals surface area contributed by atoms with E-state index in [0.29, 0.717) is 6.61 Å². The molecule has 1 aromatic carbocycles. The van der Waals surface area contributed by atoms with Crippen LogP contribution in [0, 0.1) is 0 Å². The molecule has 0 bridgehead atoms. The first-order chi connectivity index (χ1) is 6.12. The molecule has 2 nitrogen and oxygen atoms in total. The summed E-state index contributed by atoms with van der Waals surface area (Å²) < 4.78 is 5.47. The van der Waals surface area contributed by atoms with E-state index in [4.69, 9.17) is 4.74 Å². The lowest BCUT2D eigenvalue weighted by Crippen LogP contribution is -2.40. The quantitative estimate of drug-likeness (QED) is 0.656. The van der Waals surface area contributed by atoms with Gasteiger partial charge in [-0.2, -0.15) is 0 Å². The summed E-state index contributed by atoms with van der Waals surface area (Å²) in [4.78, 5) is 0. The monoisotopic (exact) mass is 178 g/mol. The summed E-state index contributed by atoms with van der Waals surface area (Å²) in [5.74, 6) is 0. The van der Waals surface area contributed by atoms with Gasteiger partial charge in [-0.1, -0.05) is 24.3 Å². The van der Waals surface area contributed by atoms with E-state index in [0.717, 1.165) is 11.1 Å². The van der Waals surface area contributed by atoms with E-state index in [1.165, 1.54) is 0 Å².